The minimum atomic E-state index is -0.314. The number of thioether (sulfide) groups is 1. The van der Waals surface area contributed by atoms with E-state index in [9.17, 15) is 9.59 Å². The van der Waals surface area contributed by atoms with Gasteiger partial charge >= 0.3 is 0 Å². The number of rotatable bonds is 6. The smallest absolute Gasteiger partial charge is 0.292 e. The third kappa shape index (κ3) is 4.88. The number of aryl methyl sites for hydroxylation is 1. The Labute approximate surface area is 206 Å². The maximum absolute atomic E-state index is 13.4. The first kappa shape index (κ1) is 22.7. The van der Waals surface area contributed by atoms with Crippen LogP contribution in [0.25, 0.3) is 4.91 Å². The number of nitrogens with zero attached hydrogens (tertiary/aromatic N) is 1. The number of carbonyl (C=O) groups excluding carboxylic acids is 2. The van der Waals surface area contributed by atoms with Gasteiger partial charge in [-0.2, -0.15) is 0 Å². The molecule has 2 N–H and O–H groups in total. The Hall–Kier alpha value is -3.10. The standard InChI is InChI=1S/C26H25N3O3S2/c30-24(28-16-17-7-6-12-27-15-17)21-19-10-4-5-11-20(19)34-26(21)29-25(31)22-23(33-14-13-32-22)18-8-2-1-3-9-18/h1-3,6-9,12,15H,4-5,10-11,13-14,16H2,(H,28,30)(H,29,31). The van der Waals surface area contributed by atoms with Crippen molar-refractivity contribution in [3.05, 3.63) is 87.7 Å². The maximum Gasteiger partial charge on any atom is 0.292 e. The molecule has 2 amide bonds. The lowest BCUT2D eigenvalue weighted by molar-refractivity contribution is -0.115. The van der Waals surface area contributed by atoms with E-state index in [2.05, 4.69) is 15.6 Å². The molecule has 34 heavy (non-hydrogen) atoms. The minimum absolute atomic E-state index is 0.172. The van der Waals surface area contributed by atoms with Crippen LogP contribution in [-0.2, 0) is 28.9 Å². The first-order chi connectivity index (χ1) is 16.7. The number of hydrogen-bond donors (Lipinski definition) is 2. The van der Waals surface area contributed by atoms with E-state index in [1.54, 1.807) is 24.2 Å². The third-order valence-corrected chi connectivity index (χ3v) is 8.11. The van der Waals surface area contributed by atoms with Gasteiger partial charge in [-0.1, -0.05) is 36.4 Å². The van der Waals surface area contributed by atoms with Crippen LogP contribution in [0.5, 0.6) is 0 Å². The summed E-state index contributed by atoms with van der Waals surface area (Å²) >= 11 is 3.13. The molecule has 2 aromatic heterocycles. The number of amides is 2. The summed E-state index contributed by atoms with van der Waals surface area (Å²) in [6, 6.07) is 13.6. The third-order valence-electron chi connectivity index (χ3n) is 5.83. The SMILES string of the molecule is O=C(Nc1sc2c(c1C(=O)NCc1cccnc1)CCCC2)C1=C(c2ccccc2)SCCO1. The fourth-order valence-corrected chi connectivity index (χ4v) is 6.46. The van der Waals surface area contributed by atoms with Gasteiger partial charge < -0.3 is 15.4 Å². The number of carbonyl (C=O) groups is 2. The molecule has 0 saturated heterocycles. The van der Waals surface area contributed by atoms with Crippen molar-refractivity contribution in [1.82, 2.24) is 10.3 Å². The van der Waals surface area contributed by atoms with Crippen LogP contribution < -0.4 is 10.6 Å². The van der Waals surface area contributed by atoms with Crippen molar-refractivity contribution in [1.29, 1.82) is 0 Å². The molecule has 0 fully saturated rings. The van der Waals surface area contributed by atoms with Crippen LogP contribution in [0.1, 0.15) is 44.8 Å². The zero-order chi connectivity index (χ0) is 23.3. The van der Waals surface area contributed by atoms with Gasteiger partial charge in [-0.25, -0.2) is 0 Å². The Bertz CT molecular complexity index is 1220. The quantitative estimate of drug-likeness (QED) is 0.506. The van der Waals surface area contributed by atoms with Gasteiger partial charge in [0.15, 0.2) is 5.76 Å². The largest absolute Gasteiger partial charge is 0.486 e. The second-order valence-corrected chi connectivity index (χ2v) is 10.3. The van der Waals surface area contributed by atoms with Crippen molar-refractivity contribution in [2.45, 2.75) is 32.2 Å². The molecule has 6 nitrogen and oxygen atoms in total. The summed E-state index contributed by atoms with van der Waals surface area (Å²) in [6.45, 7) is 0.858. The van der Waals surface area contributed by atoms with Crippen molar-refractivity contribution in [2.75, 3.05) is 17.7 Å². The molecule has 174 valence electrons. The summed E-state index contributed by atoms with van der Waals surface area (Å²) in [4.78, 5) is 32.8. The molecule has 8 heteroatoms. The average molecular weight is 492 g/mol. The van der Waals surface area contributed by atoms with Gasteiger partial charge in [0.05, 0.1) is 17.1 Å². The van der Waals surface area contributed by atoms with Crippen LogP contribution in [0.3, 0.4) is 0 Å². The molecule has 0 bridgehead atoms. The fraction of sp³-hybridized carbons (Fsp3) is 0.269. The maximum atomic E-state index is 13.4. The topological polar surface area (TPSA) is 80.3 Å². The zero-order valence-corrected chi connectivity index (χ0v) is 20.3. The van der Waals surface area contributed by atoms with Crippen LogP contribution in [-0.4, -0.2) is 29.2 Å². The number of anilines is 1. The Kier molecular flexibility index (Phi) is 6.97. The van der Waals surface area contributed by atoms with Gasteiger partial charge in [0.25, 0.3) is 11.8 Å². The predicted octanol–water partition coefficient (Wildman–Crippen LogP) is 5.02. The fourth-order valence-electron chi connectivity index (χ4n) is 4.22. The molecule has 1 aliphatic carbocycles. The van der Waals surface area contributed by atoms with Gasteiger partial charge in [0.1, 0.15) is 5.00 Å². The van der Waals surface area contributed by atoms with E-state index in [4.69, 9.17) is 4.74 Å². The monoisotopic (exact) mass is 491 g/mol. The number of fused-ring (bicyclic) bond motifs is 1. The lowest BCUT2D eigenvalue weighted by atomic mass is 9.95. The second kappa shape index (κ2) is 10.4. The highest BCUT2D eigenvalue weighted by atomic mass is 32.2. The number of hydrogen-bond acceptors (Lipinski definition) is 6. The van der Waals surface area contributed by atoms with Crippen molar-refractivity contribution < 1.29 is 14.3 Å². The number of benzene rings is 1. The summed E-state index contributed by atoms with van der Waals surface area (Å²) < 4.78 is 5.83. The normalized spacial score (nSPS) is 15.3. The van der Waals surface area contributed by atoms with E-state index in [1.807, 2.05) is 42.5 Å². The second-order valence-electron chi connectivity index (χ2n) is 8.13. The summed E-state index contributed by atoms with van der Waals surface area (Å²) in [7, 11) is 0. The molecule has 1 aromatic carbocycles. The molecule has 0 saturated carbocycles. The van der Waals surface area contributed by atoms with Crippen LogP contribution >= 0.6 is 23.1 Å². The van der Waals surface area contributed by atoms with Crippen molar-refractivity contribution in [3.63, 3.8) is 0 Å². The lowest BCUT2D eigenvalue weighted by Crippen LogP contribution is -2.26. The minimum Gasteiger partial charge on any atom is -0.486 e. The average Bonchev–Trinajstić information content (AvgIpc) is 3.26. The highest BCUT2D eigenvalue weighted by molar-refractivity contribution is 8.08. The Morgan fingerprint density at radius 3 is 2.71 bits per heavy atom. The van der Waals surface area contributed by atoms with Crippen molar-refractivity contribution in [2.24, 2.45) is 0 Å². The molecule has 5 rings (SSSR count). The molecular formula is C26H25N3O3S2. The molecular weight excluding hydrogens is 466 g/mol. The van der Waals surface area contributed by atoms with E-state index in [0.717, 1.165) is 53.0 Å². The summed E-state index contributed by atoms with van der Waals surface area (Å²) in [5, 5.41) is 6.63. The van der Waals surface area contributed by atoms with Gasteiger partial charge in [0, 0.05) is 29.6 Å². The van der Waals surface area contributed by atoms with E-state index < -0.39 is 0 Å². The molecule has 3 heterocycles. The summed E-state index contributed by atoms with van der Waals surface area (Å²) in [6.07, 6.45) is 7.37. The van der Waals surface area contributed by atoms with E-state index in [0.29, 0.717) is 29.5 Å². The lowest BCUT2D eigenvalue weighted by Gasteiger charge is -2.20. The molecule has 0 spiro atoms. The molecule has 2 aliphatic rings. The van der Waals surface area contributed by atoms with Gasteiger partial charge in [-0.05, 0) is 48.4 Å². The predicted molar refractivity (Wildman–Crippen MR) is 137 cm³/mol. The molecule has 0 radical (unpaired) electrons. The number of nitrogens with one attached hydrogen (secondary N) is 2. The first-order valence-electron chi connectivity index (χ1n) is 11.4. The number of pyridine rings is 1. The highest BCUT2D eigenvalue weighted by Crippen LogP contribution is 2.40. The van der Waals surface area contributed by atoms with E-state index in [1.165, 1.54) is 16.2 Å². The van der Waals surface area contributed by atoms with Crippen LogP contribution in [0.4, 0.5) is 5.00 Å². The molecule has 3 aromatic rings. The number of thiophene rings is 1. The van der Waals surface area contributed by atoms with Crippen LogP contribution in [0.15, 0.2) is 60.6 Å². The zero-order valence-electron chi connectivity index (χ0n) is 18.6. The number of ether oxygens (including phenoxy) is 1. The summed E-state index contributed by atoms with van der Waals surface area (Å²) in [5.41, 5.74) is 3.53. The molecule has 1 aliphatic heterocycles. The van der Waals surface area contributed by atoms with Crippen LogP contribution in [0.2, 0.25) is 0 Å². The highest BCUT2D eigenvalue weighted by Gasteiger charge is 2.29. The number of aromatic nitrogens is 1. The van der Waals surface area contributed by atoms with E-state index >= 15 is 0 Å². The van der Waals surface area contributed by atoms with Gasteiger partial charge in [-0.3, -0.25) is 14.6 Å². The summed E-state index contributed by atoms with van der Waals surface area (Å²) in [5.74, 6) is 0.618. The van der Waals surface area contributed by atoms with Gasteiger partial charge in [0.2, 0.25) is 0 Å². The Balaban J connectivity index is 1.43. The van der Waals surface area contributed by atoms with Crippen molar-refractivity contribution >= 4 is 44.8 Å². The van der Waals surface area contributed by atoms with Crippen molar-refractivity contribution in [3.8, 4) is 0 Å². The Morgan fingerprint density at radius 2 is 1.88 bits per heavy atom. The van der Waals surface area contributed by atoms with E-state index in [-0.39, 0.29) is 11.8 Å². The molecule has 0 unspecified atom stereocenters. The van der Waals surface area contributed by atoms with Gasteiger partial charge in [-0.15, -0.1) is 23.1 Å². The Morgan fingerprint density at radius 1 is 1.03 bits per heavy atom. The first-order valence-corrected chi connectivity index (χ1v) is 13.2. The van der Waals surface area contributed by atoms with Crippen LogP contribution in [0, 0.1) is 0 Å². The molecule has 0 atom stereocenters.